The van der Waals surface area contributed by atoms with Gasteiger partial charge in [0.2, 0.25) is 5.91 Å². The quantitative estimate of drug-likeness (QED) is 0.828. The van der Waals surface area contributed by atoms with Crippen molar-refractivity contribution < 1.29 is 9.59 Å². The molecule has 5 heteroatoms. The van der Waals surface area contributed by atoms with Gasteiger partial charge in [0.25, 0.3) is 5.91 Å². The largest absolute Gasteiger partial charge is 0.352 e. The van der Waals surface area contributed by atoms with Crippen molar-refractivity contribution in [3.8, 4) is 0 Å². The van der Waals surface area contributed by atoms with Gasteiger partial charge in [-0.2, -0.15) is 0 Å². The van der Waals surface area contributed by atoms with Crippen molar-refractivity contribution in [2.45, 2.75) is 55.8 Å². The van der Waals surface area contributed by atoms with E-state index < -0.39 is 6.04 Å². The van der Waals surface area contributed by atoms with Crippen molar-refractivity contribution >= 4 is 23.6 Å². The normalized spacial score (nSPS) is 23.2. The standard InChI is InChI=1S/C23H26N2O2S/c1-15(13-14-16-9-5-4-6-10-16)24-20(26)19-23(2,3)28-22-18-12-8-7-11-17(18)21(27)25(19)22/h4-12,15,19,22H,13-14H2,1-3H3,(H,24,26)/t15?,19-,22?/m1/s1. The molecule has 2 heterocycles. The first-order valence-electron chi connectivity index (χ1n) is 9.82. The molecule has 0 aromatic heterocycles. The Bertz CT molecular complexity index is 896. The number of amides is 2. The molecule has 2 amide bonds. The third kappa shape index (κ3) is 3.32. The highest BCUT2D eigenvalue weighted by atomic mass is 32.2. The van der Waals surface area contributed by atoms with E-state index in [2.05, 4.69) is 31.3 Å². The van der Waals surface area contributed by atoms with E-state index in [0.29, 0.717) is 0 Å². The van der Waals surface area contributed by atoms with Gasteiger partial charge in [-0.15, -0.1) is 11.8 Å². The first-order chi connectivity index (χ1) is 13.4. The second-order valence-electron chi connectivity index (χ2n) is 8.21. The van der Waals surface area contributed by atoms with Crippen LogP contribution in [0.25, 0.3) is 0 Å². The summed E-state index contributed by atoms with van der Waals surface area (Å²) in [6.45, 7) is 6.16. The maximum Gasteiger partial charge on any atom is 0.256 e. The van der Waals surface area contributed by atoms with Crippen LogP contribution < -0.4 is 5.32 Å². The number of fused-ring (bicyclic) bond motifs is 3. The first-order valence-corrected chi connectivity index (χ1v) is 10.7. The number of carbonyl (C=O) groups is 2. The van der Waals surface area contributed by atoms with Crippen LogP contribution in [0, 0.1) is 0 Å². The van der Waals surface area contributed by atoms with Gasteiger partial charge in [-0.1, -0.05) is 48.5 Å². The molecule has 2 aliphatic heterocycles. The number of thioether (sulfide) groups is 1. The van der Waals surface area contributed by atoms with Crippen LogP contribution in [0.5, 0.6) is 0 Å². The Morgan fingerprint density at radius 3 is 2.57 bits per heavy atom. The van der Waals surface area contributed by atoms with Crippen LogP contribution in [0.1, 0.15) is 54.1 Å². The molecule has 1 N–H and O–H groups in total. The Hall–Kier alpha value is -2.27. The minimum absolute atomic E-state index is 0.0317. The fraction of sp³-hybridized carbons (Fsp3) is 0.391. The van der Waals surface area contributed by atoms with Crippen LogP contribution in [0.4, 0.5) is 0 Å². The van der Waals surface area contributed by atoms with Gasteiger partial charge in [0, 0.05) is 16.4 Å². The Kier molecular flexibility index (Phi) is 4.96. The molecular weight excluding hydrogens is 368 g/mol. The Morgan fingerprint density at radius 2 is 1.82 bits per heavy atom. The Morgan fingerprint density at radius 1 is 1.14 bits per heavy atom. The minimum Gasteiger partial charge on any atom is -0.352 e. The molecule has 4 rings (SSSR count). The highest BCUT2D eigenvalue weighted by Gasteiger charge is 2.57. The average molecular weight is 395 g/mol. The third-order valence-electron chi connectivity index (χ3n) is 5.64. The molecule has 0 bridgehead atoms. The molecule has 2 unspecified atom stereocenters. The smallest absolute Gasteiger partial charge is 0.256 e. The molecule has 28 heavy (non-hydrogen) atoms. The lowest BCUT2D eigenvalue weighted by Crippen LogP contribution is -2.54. The van der Waals surface area contributed by atoms with Crippen molar-refractivity contribution in [2.75, 3.05) is 0 Å². The number of aryl methyl sites for hydroxylation is 1. The summed E-state index contributed by atoms with van der Waals surface area (Å²) in [6, 6.07) is 17.6. The molecule has 1 fully saturated rings. The predicted octanol–water partition coefficient (Wildman–Crippen LogP) is 4.17. The number of hydrogen-bond acceptors (Lipinski definition) is 3. The van der Waals surface area contributed by atoms with Crippen LogP contribution in [-0.4, -0.2) is 33.5 Å². The van der Waals surface area contributed by atoms with Crippen LogP contribution in [0.15, 0.2) is 54.6 Å². The van der Waals surface area contributed by atoms with Crippen molar-refractivity contribution in [3.63, 3.8) is 0 Å². The number of carbonyl (C=O) groups excluding carboxylic acids is 2. The maximum absolute atomic E-state index is 13.2. The zero-order valence-electron chi connectivity index (χ0n) is 16.5. The molecule has 2 aliphatic rings. The minimum atomic E-state index is -0.471. The monoisotopic (exact) mass is 394 g/mol. The summed E-state index contributed by atoms with van der Waals surface area (Å²) < 4.78 is -0.336. The summed E-state index contributed by atoms with van der Waals surface area (Å²) in [6.07, 6.45) is 1.79. The molecule has 1 saturated heterocycles. The maximum atomic E-state index is 13.2. The molecule has 0 spiro atoms. The zero-order valence-corrected chi connectivity index (χ0v) is 17.3. The number of nitrogens with one attached hydrogen (secondary N) is 1. The molecule has 2 aromatic rings. The van der Waals surface area contributed by atoms with Gasteiger partial charge in [0.05, 0.1) is 0 Å². The van der Waals surface area contributed by atoms with Crippen molar-refractivity contribution in [1.29, 1.82) is 0 Å². The molecule has 4 nitrogen and oxygen atoms in total. The van der Waals surface area contributed by atoms with E-state index in [1.54, 1.807) is 16.7 Å². The van der Waals surface area contributed by atoms with E-state index >= 15 is 0 Å². The molecule has 3 atom stereocenters. The summed E-state index contributed by atoms with van der Waals surface area (Å²) in [5, 5.41) is 3.09. The van der Waals surface area contributed by atoms with Crippen LogP contribution in [-0.2, 0) is 11.2 Å². The molecule has 0 saturated carbocycles. The summed E-state index contributed by atoms with van der Waals surface area (Å²) in [5.74, 6) is -0.0857. The number of hydrogen-bond donors (Lipinski definition) is 1. The van der Waals surface area contributed by atoms with Crippen molar-refractivity contribution in [3.05, 3.63) is 71.3 Å². The van der Waals surface area contributed by atoms with Crippen molar-refractivity contribution in [1.82, 2.24) is 10.2 Å². The van der Waals surface area contributed by atoms with Crippen LogP contribution in [0.2, 0.25) is 0 Å². The highest BCUT2D eigenvalue weighted by Crippen LogP contribution is 2.56. The van der Waals surface area contributed by atoms with E-state index in [0.717, 1.165) is 24.0 Å². The zero-order chi connectivity index (χ0) is 19.9. The fourth-order valence-electron chi connectivity index (χ4n) is 4.23. The van der Waals surface area contributed by atoms with E-state index in [1.165, 1.54) is 5.56 Å². The lowest BCUT2D eigenvalue weighted by molar-refractivity contribution is -0.126. The van der Waals surface area contributed by atoms with Crippen molar-refractivity contribution in [2.24, 2.45) is 0 Å². The second kappa shape index (κ2) is 7.28. The summed E-state index contributed by atoms with van der Waals surface area (Å²) in [4.78, 5) is 28.0. The Balaban J connectivity index is 1.47. The SMILES string of the molecule is CC(CCc1ccccc1)NC(=O)[C@H]1N2C(=O)c3ccccc3C2SC1(C)C. The van der Waals surface area contributed by atoms with E-state index in [4.69, 9.17) is 0 Å². The van der Waals surface area contributed by atoms with Gasteiger partial charge in [-0.25, -0.2) is 0 Å². The lowest BCUT2D eigenvalue weighted by atomic mass is 9.99. The lowest BCUT2D eigenvalue weighted by Gasteiger charge is -2.30. The van der Waals surface area contributed by atoms with Gasteiger partial charge in [-0.05, 0) is 50.8 Å². The number of benzene rings is 2. The predicted molar refractivity (Wildman–Crippen MR) is 113 cm³/mol. The molecule has 0 radical (unpaired) electrons. The third-order valence-corrected chi connectivity index (χ3v) is 7.18. The van der Waals surface area contributed by atoms with Gasteiger partial charge in [0.1, 0.15) is 11.4 Å². The molecule has 146 valence electrons. The summed E-state index contributed by atoms with van der Waals surface area (Å²) in [7, 11) is 0. The Labute approximate surface area is 170 Å². The molecular formula is C23H26N2O2S. The number of rotatable bonds is 5. The van der Waals surface area contributed by atoms with Gasteiger partial charge in [-0.3, -0.25) is 9.59 Å². The topological polar surface area (TPSA) is 49.4 Å². The molecule has 2 aromatic carbocycles. The van der Waals surface area contributed by atoms with Gasteiger partial charge < -0.3 is 10.2 Å². The van der Waals surface area contributed by atoms with E-state index in [-0.39, 0.29) is 28.0 Å². The number of nitrogens with zero attached hydrogens (tertiary/aromatic N) is 1. The second-order valence-corrected chi connectivity index (χ2v) is 9.94. The van der Waals surface area contributed by atoms with Crippen LogP contribution >= 0.6 is 11.8 Å². The average Bonchev–Trinajstić information content (AvgIpc) is 3.11. The van der Waals surface area contributed by atoms with E-state index in [9.17, 15) is 9.59 Å². The summed E-state index contributed by atoms with van der Waals surface area (Å²) in [5.41, 5.74) is 3.02. The van der Waals surface area contributed by atoms with Gasteiger partial charge >= 0.3 is 0 Å². The van der Waals surface area contributed by atoms with Gasteiger partial charge in [0.15, 0.2) is 0 Å². The fourth-order valence-corrected chi connectivity index (χ4v) is 5.81. The summed E-state index contributed by atoms with van der Waals surface area (Å²) >= 11 is 1.70. The molecule has 0 aliphatic carbocycles. The highest BCUT2D eigenvalue weighted by molar-refractivity contribution is 8.01. The van der Waals surface area contributed by atoms with E-state index in [1.807, 2.05) is 49.4 Å². The first kappa shape index (κ1) is 19.1. The van der Waals surface area contributed by atoms with Crippen LogP contribution in [0.3, 0.4) is 0 Å².